The van der Waals surface area contributed by atoms with Crippen molar-refractivity contribution < 1.29 is 4.79 Å². The van der Waals surface area contributed by atoms with Crippen LogP contribution < -0.4 is 10.2 Å². The lowest BCUT2D eigenvalue weighted by Gasteiger charge is -2.13. The average molecular weight is 281 g/mol. The number of hydrogen-bond acceptors (Lipinski definition) is 3. The van der Waals surface area contributed by atoms with Crippen LogP contribution in [0, 0.1) is 0 Å². The van der Waals surface area contributed by atoms with Crippen molar-refractivity contribution in [1.29, 1.82) is 0 Å². The molecule has 0 aliphatic carbocycles. The van der Waals surface area contributed by atoms with E-state index in [1.165, 1.54) is 11.3 Å². The molecule has 18 heavy (non-hydrogen) atoms. The summed E-state index contributed by atoms with van der Waals surface area (Å²) in [5, 5.41) is 2.85. The van der Waals surface area contributed by atoms with Gasteiger partial charge in [-0.05, 0) is 30.3 Å². The van der Waals surface area contributed by atoms with Crippen LogP contribution in [-0.4, -0.2) is 20.0 Å². The zero-order chi connectivity index (χ0) is 13.1. The predicted molar refractivity (Wildman–Crippen MR) is 78.1 cm³/mol. The molecule has 1 aromatic heterocycles. The smallest absolute Gasteiger partial charge is 0.265 e. The van der Waals surface area contributed by atoms with E-state index in [-0.39, 0.29) is 5.91 Å². The van der Waals surface area contributed by atoms with Crippen LogP contribution in [0.3, 0.4) is 0 Å². The molecule has 0 saturated heterocycles. The summed E-state index contributed by atoms with van der Waals surface area (Å²) in [6.45, 7) is 0. The van der Waals surface area contributed by atoms with Gasteiger partial charge >= 0.3 is 0 Å². The molecule has 0 saturated carbocycles. The fraction of sp³-hybridized carbons (Fsp3) is 0.154. The number of rotatable bonds is 3. The molecule has 0 spiro atoms. The van der Waals surface area contributed by atoms with Crippen LogP contribution in [0.25, 0.3) is 0 Å². The molecule has 5 heteroatoms. The molecular weight excluding hydrogens is 268 g/mol. The van der Waals surface area contributed by atoms with E-state index in [0.717, 1.165) is 11.4 Å². The molecule has 0 atom stereocenters. The van der Waals surface area contributed by atoms with E-state index in [1.54, 1.807) is 12.1 Å². The molecule has 0 aliphatic rings. The first-order valence-corrected chi connectivity index (χ1v) is 6.60. The van der Waals surface area contributed by atoms with Gasteiger partial charge in [-0.15, -0.1) is 11.3 Å². The van der Waals surface area contributed by atoms with Gasteiger partial charge < -0.3 is 10.2 Å². The van der Waals surface area contributed by atoms with E-state index in [9.17, 15) is 4.79 Å². The maximum absolute atomic E-state index is 11.9. The van der Waals surface area contributed by atoms with Crippen molar-refractivity contribution in [3.05, 3.63) is 45.6 Å². The summed E-state index contributed by atoms with van der Waals surface area (Å²) in [6.07, 6.45) is 0. The Bertz CT molecular complexity index is 566. The second kappa shape index (κ2) is 5.42. The summed E-state index contributed by atoms with van der Waals surface area (Å²) in [4.78, 5) is 14.5. The monoisotopic (exact) mass is 280 g/mol. The number of carbonyl (C=O) groups excluding carboxylic acids is 1. The first-order chi connectivity index (χ1) is 8.56. The highest BCUT2D eigenvalue weighted by Crippen LogP contribution is 2.23. The van der Waals surface area contributed by atoms with Gasteiger partial charge in [-0.1, -0.05) is 17.7 Å². The predicted octanol–water partition coefficient (Wildman–Crippen LogP) is 3.72. The highest BCUT2D eigenvalue weighted by atomic mass is 35.5. The number of halogens is 1. The minimum Gasteiger partial charge on any atom is -0.378 e. The number of benzene rings is 1. The summed E-state index contributed by atoms with van der Waals surface area (Å²) in [5.41, 5.74) is 1.81. The molecule has 1 heterocycles. The second-order valence-electron chi connectivity index (χ2n) is 4.00. The Morgan fingerprint density at radius 2 is 2.06 bits per heavy atom. The van der Waals surface area contributed by atoms with Gasteiger partial charge in [-0.3, -0.25) is 4.79 Å². The first-order valence-electron chi connectivity index (χ1n) is 5.40. The number of thiophene rings is 1. The van der Waals surface area contributed by atoms with Crippen molar-refractivity contribution >= 4 is 40.2 Å². The van der Waals surface area contributed by atoms with Crippen LogP contribution in [0.1, 0.15) is 9.67 Å². The van der Waals surface area contributed by atoms with E-state index in [2.05, 4.69) is 5.32 Å². The fourth-order valence-corrected chi connectivity index (χ4v) is 2.43. The fourth-order valence-electron chi connectivity index (χ4n) is 1.49. The number of nitrogens with one attached hydrogen (secondary N) is 1. The lowest BCUT2D eigenvalue weighted by Crippen LogP contribution is -2.12. The minimum absolute atomic E-state index is 0.136. The second-order valence-corrected chi connectivity index (χ2v) is 5.72. The standard InChI is InChI=1S/C13H13ClN2OS/c1-16(2)10-5-3-4-9(8-10)15-13(17)11-6-7-12(14)18-11/h3-8H,1-2H3,(H,15,17). The Hall–Kier alpha value is -1.52. The highest BCUT2D eigenvalue weighted by molar-refractivity contribution is 7.18. The molecule has 0 fully saturated rings. The summed E-state index contributed by atoms with van der Waals surface area (Å²) in [6, 6.07) is 11.1. The quantitative estimate of drug-likeness (QED) is 0.929. The van der Waals surface area contributed by atoms with Crippen molar-refractivity contribution in [2.45, 2.75) is 0 Å². The maximum Gasteiger partial charge on any atom is 0.265 e. The SMILES string of the molecule is CN(C)c1cccc(NC(=O)c2ccc(Cl)s2)c1. The molecule has 0 aliphatic heterocycles. The van der Waals surface area contributed by atoms with Crippen molar-refractivity contribution in [3.63, 3.8) is 0 Å². The third-order valence-electron chi connectivity index (χ3n) is 2.42. The van der Waals surface area contributed by atoms with Gasteiger partial charge in [0.15, 0.2) is 0 Å². The van der Waals surface area contributed by atoms with Crippen LogP contribution in [0.4, 0.5) is 11.4 Å². The van der Waals surface area contributed by atoms with E-state index in [1.807, 2.05) is 43.3 Å². The average Bonchev–Trinajstić information content (AvgIpc) is 2.76. The largest absolute Gasteiger partial charge is 0.378 e. The zero-order valence-electron chi connectivity index (χ0n) is 10.1. The Morgan fingerprint density at radius 1 is 1.28 bits per heavy atom. The number of amides is 1. The Morgan fingerprint density at radius 3 is 2.67 bits per heavy atom. The van der Waals surface area contributed by atoms with Gasteiger partial charge in [-0.25, -0.2) is 0 Å². The molecule has 94 valence electrons. The normalized spacial score (nSPS) is 10.2. The van der Waals surface area contributed by atoms with E-state index < -0.39 is 0 Å². The van der Waals surface area contributed by atoms with Crippen LogP contribution in [0.15, 0.2) is 36.4 Å². The maximum atomic E-state index is 11.9. The van der Waals surface area contributed by atoms with E-state index >= 15 is 0 Å². The lowest BCUT2D eigenvalue weighted by molar-refractivity contribution is 0.103. The molecule has 1 aromatic carbocycles. The molecule has 3 nitrogen and oxygen atoms in total. The Labute approximate surface area is 115 Å². The minimum atomic E-state index is -0.136. The number of hydrogen-bond donors (Lipinski definition) is 1. The first kappa shape index (κ1) is 12.9. The van der Waals surface area contributed by atoms with Crippen molar-refractivity contribution in [3.8, 4) is 0 Å². The van der Waals surface area contributed by atoms with Gasteiger partial charge in [-0.2, -0.15) is 0 Å². The summed E-state index contributed by atoms with van der Waals surface area (Å²) < 4.78 is 0.613. The van der Waals surface area contributed by atoms with Crippen LogP contribution in [0.2, 0.25) is 4.34 Å². The molecule has 2 rings (SSSR count). The van der Waals surface area contributed by atoms with Crippen LogP contribution in [0.5, 0.6) is 0 Å². The highest BCUT2D eigenvalue weighted by Gasteiger charge is 2.09. The molecule has 1 N–H and O–H groups in total. The molecule has 0 bridgehead atoms. The summed E-state index contributed by atoms with van der Waals surface area (Å²) >= 11 is 7.07. The van der Waals surface area contributed by atoms with Crippen molar-refractivity contribution in [2.24, 2.45) is 0 Å². The summed E-state index contributed by atoms with van der Waals surface area (Å²) in [7, 11) is 3.92. The van der Waals surface area contributed by atoms with E-state index in [0.29, 0.717) is 9.21 Å². The van der Waals surface area contributed by atoms with Crippen LogP contribution >= 0.6 is 22.9 Å². The van der Waals surface area contributed by atoms with Gasteiger partial charge in [0.2, 0.25) is 0 Å². The zero-order valence-corrected chi connectivity index (χ0v) is 11.7. The third kappa shape index (κ3) is 3.03. The molecular formula is C13H13ClN2OS. The number of anilines is 2. The van der Waals surface area contributed by atoms with Gasteiger partial charge in [0.05, 0.1) is 9.21 Å². The summed E-state index contributed by atoms with van der Waals surface area (Å²) in [5.74, 6) is -0.136. The topological polar surface area (TPSA) is 32.3 Å². The van der Waals surface area contributed by atoms with E-state index in [4.69, 9.17) is 11.6 Å². The molecule has 1 amide bonds. The van der Waals surface area contributed by atoms with Crippen LogP contribution in [-0.2, 0) is 0 Å². The number of nitrogens with zero attached hydrogens (tertiary/aromatic N) is 1. The Balaban J connectivity index is 2.14. The van der Waals surface area contributed by atoms with Gasteiger partial charge in [0.1, 0.15) is 0 Å². The van der Waals surface area contributed by atoms with Gasteiger partial charge in [0, 0.05) is 25.5 Å². The molecule has 0 unspecified atom stereocenters. The van der Waals surface area contributed by atoms with Crippen molar-refractivity contribution in [1.82, 2.24) is 0 Å². The number of carbonyl (C=O) groups is 1. The molecule has 0 radical (unpaired) electrons. The Kier molecular flexibility index (Phi) is 3.89. The third-order valence-corrected chi connectivity index (χ3v) is 3.65. The lowest BCUT2D eigenvalue weighted by atomic mass is 10.2. The molecule has 2 aromatic rings. The van der Waals surface area contributed by atoms with Gasteiger partial charge in [0.25, 0.3) is 5.91 Å². The van der Waals surface area contributed by atoms with Crippen molar-refractivity contribution in [2.75, 3.05) is 24.3 Å².